The first-order valence-electron chi connectivity index (χ1n) is 8.19. The van der Waals surface area contributed by atoms with Gasteiger partial charge in [-0.05, 0) is 43.8 Å². The van der Waals surface area contributed by atoms with Crippen molar-refractivity contribution in [2.75, 3.05) is 11.5 Å². The summed E-state index contributed by atoms with van der Waals surface area (Å²) >= 11 is 0. The van der Waals surface area contributed by atoms with E-state index in [9.17, 15) is 9.59 Å². The molecule has 0 spiro atoms. The molecule has 4 nitrogen and oxygen atoms in total. The summed E-state index contributed by atoms with van der Waals surface area (Å²) in [5.41, 5.74) is 1.97. The SMILES string of the molecule is CC1=C2[C@H](CO[Si]2(C)C)[C@@H]2C(=O)N(c3ccccc3)C(=O)[C@@H]2C1. The number of imide groups is 1. The molecule has 2 amide bonds. The number of para-hydroxylation sites is 1. The third-order valence-electron chi connectivity index (χ3n) is 5.55. The normalized spacial score (nSPS) is 32.3. The van der Waals surface area contributed by atoms with E-state index >= 15 is 0 Å². The molecular formula is C18H21NO3Si. The molecule has 2 aliphatic heterocycles. The predicted octanol–water partition coefficient (Wildman–Crippen LogP) is 2.90. The first-order chi connectivity index (χ1) is 10.9. The van der Waals surface area contributed by atoms with E-state index in [-0.39, 0.29) is 29.6 Å². The van der Waals surface area contributed by atoms with E-state index in [2.05, 4.69) is 20.0 Å². The van der Waals surface area contributed by atoms with Gasteiger partial charge in [-0.15, -0.1) is 0 Å². The molecule has 2 saturated heterocycles. The largest absolute Gasteiger partial charge is 0.413 e. The van der Waals surface area contributed by atoms with Crippen LogP contribution in [0.3, 0.4) is 0 Å². The highest BCUT2D eigenvalue weighted by Crippen LogP contribution is 2.51. The van der Waals surface area contributed by atoms with Crippen LogP contribution in [0, 0.1) is 17.8 Å². The minimum absolute atomic E-state index is 0.0449. The number of nitrogens with zero attached hydrogens (tertiary/aromatic N) is 1. The Morgan fingerprint density at radius 3 is 2.48 bits per heavy atom. The summed E-state index contributed by atoms with van der Waals surface area (Å²) in [6.45, 7) is 7.10. The smallest absolute Gasteiger partial charge is 0.238 e. The molecule has 0 bridgehead atoms. The number of hydrogen-bond donors (Lipinski definition) is 0. The molecule has 0 radical (unpaired) electrons. The Bertz CT molecular complexity index is 725. The molecule has 0 aromatic heterocycles. The van der Waals surface area contributed by atoms with Gasteiger partial charge in [0.15, 0.2) is 0 Å². The molecule has 5 heteroatoms. The van der Waals surface area contributed by atoms with Gasteiger partial charge in [-0.3, -0.25) is 14.5 Å². The quantitative estimate of drug-likeness (QED) is 0.588. The maximum absolute atomic E-state index is 13.1. The minimum Gasteiger partial charge on any atom is -0.413 e. The molecule has 0 saturated carbocycles. The molecular weight excluding hydrogens is 306 g/mol. The van der Waals surface area contributed by atoms with Gasteiger partial charge in [-0.25, -0.2) is 0 Å². The van der Waals surface area contributed by atoms with Crippen molar-refractivity contribution in [2.24, 2.45) is 17.8 Å². The fraction of sp³-hybridized carbons (Fsp3) is 0.444. The van der Waals surface area contributed by atoms with Crippen LogP contribution in [0.5, 0.6) is 0 Å². The van der Waals surface area contributed by atoms with Crippen LogP contribution >= 0.6 is 0 Å². The van der Waals surface area contributed by atoms with E-state index < -0.39 is 8.32 Å². The number of benzene rings is 1. The molecule has 3 aliphatic rings. The number of anilines is 1. The Hall–Kier alpha value is -1.72. The second-order valence-electron chi connectivity index (χ2n) is 7.31. The number of carbonyl (C=O) groups is 2. The minimum atomic E-state index is -1.88. The van der Waals surface area contributed by atoms with E-state index in [1.54, 1.807) is 0 Å². The van der Waals surface area contributed by atoms with Gasteiger partial charge in [0.2, 0.25) is 20.1 Å². The monoisotopic (exact) mass is 327 g/mol. The van der Waals surface area contributed by atoms with Crippen molar-refractivity contribution in [1.82, 2.24) is 0 Å². The summed E-state index contributed by atoms with van der Waals surface area (Å²) in [6, 6.07) is 9.28. The zero-order valence-electron chi connectivity index (χ0n) is 13.7. The number of allylic oxidation sites excluding steroid dienone is 1. The Labute approximate surface area is 137 Å². The number of rotatable bonds is 1. The summed E-state index contributed by atoms with van der Waals surface area (Å²) in [4.78, 5) is 27.4. The highest BCUT2D eigenvalue weighted by Gasteiger charge is 2.58. The molecule has 4 rings (SSSR count). The van der Waals surface area contributed by atoms with Crippen LogP contribution in [-0.2, 0) is 14.0 Å². The van der Waals surface area contributed by atoms with Gasteiger partial charge >= 0.3 is 0 Å². The van der Waals surface area contributed by atoms with E-state index in [0.717, 1.165) is 0 Å². The zero-order valence-corrected chi connectivity index (χ0v) is 14.7. The van der Waals surface area contributed by atoms with Crippen LogP contribution in [0.2, 0.25) is 13.1 Å². The fourth-order valence-corrected chi connectivity index (χ4v) is 7.74. The molecule has 0 unspecified atom stereocenters. The van der Waals surface area contributed by atoms with Crippen molar-refractivity contribution < 1.29 is 14.0 Å². The van der Waals surface area contributed by atoms with Gasteiger partial charge in [0.05, 0.1) is 17.5 Å². The fourth-order valence-electron chi connectivity index (χ4n) is 4.71. The van der Waals surface area contributed by atoms with Crippen molar-refractivity contribution in [3.05, 3.63) is 41.1 Å². The zero-order chi connectivity index (χ0) is 16.4. The number of amides is 2. The van der Waals surface area contributed by atoms with Gasteiger partial charge in [-0.1, -0.05) is 23.8 Å². The van der Waals surface area contributed by atoms with Crippen LogP contribution in [0.4, 0.5) is 5.69 Å². The van der Waals surface area contributed by atoms with Crippen LogP contribution in [0.1, 0.15) is 13.3 Å². The second kappa shape index (κ2) is 4.88. The van der Waals surface area contributed by atoms with E-state index in [4.69, 9.17) is 4.43 Å². The lowest BCUT2D eigenvalue weighted by Gasteiger charge is -2.32. The number of hydrogen-bond acceptors (Lipinski definition) is 3. The summed E-state index contributed by atoms with van der Waals surface area (Å²) < 4.78 is 6.09. The predicted molar refractivity (Wildman–Crippen MR) is 90.2 cm³/mol. The van der Waals surface area contributed by atoms with Crippen LogP contribution in [0.15, 0.2) is 41.1 Å². The maximum Gasteiger partial charge on any atom is 0.238 e. The molecule has 1 aromatic carbocycles. The highest BCUT2D eigenvalue weighted by molar-refractivity contribution is 6.79. The van der Waals surface area contributed by atoms with Gasteiger partial charge in [-0.2, -0.15) is 0 Å². The Morgan fingerprint density at radius 1 is 1.09 bits per heavy atom. The van der Waals surface area contributed by atoms with Crippen LogP contribution < -0.4 is 4.90 Å². The summed E-state index contributed by atoms with van der Waals surface area (Å²) in [5.74, 6) is -0.452. The lowest BCUT2D eigenvalue weighted by molar-refractivity contribution is -0.122. The summed E-state index contributed by atoms with van der Waals surface area (Å²) in [6.07, 6.45) is 0.699. The molecule has 0 N–H and O–H groups in total. The van der Waals surface area contributed by atoms with Crippen molar-refractivity contribution in [1.29, 1.82) is 0 Å². The van der Waals surface area contributed by atoms with Gasteiger partial charge < -0.3 is 4.43 Å². The van der Waals surface area contributed by atoms with Crippen molar-refractivity contribution in [3.63, 3.8) is 0 Å². The molecule has 23 heavy (non-hydrogen) atoms. The molecule has 1 aliphatic carbocycles. The lowest BCUT2D eigenvalue weighted by Crippen LogP contribution is -2.37. The maximum atomic E-state index is 13.1. The van der Waals surface area contributed by atoms with E-state index in [1.165, 1.54) is 15.7 Å². The topological polar surface area (TPSA) is 46.6 Å². The lowest BCUT2D eigenvalue weighted by atomic mass is 9.75. The molecule has 3 atom stereocenters. The van der Waals surface area contributed by atoms with Crippen LogP contribution in [0.25, 0.3) is 0 Å². The van der Waals surface area contributed by atoms with Gasteiger partial charge in [0.1, 0.15) is 0 Å². The van der Waals surface area contributed by atoms with E-state index in [0.29, 0.717) is 18.7 Å². The third-order valence-corrected chi connectivity index (χ3v) is 8.54. The molecule has 1 aromatic rings. The Kier molecular flexibility index (Phi) is 3.15. The summed E-state index contributed by atoms with van der Waals surface area (Å²) in [5, 5.41) is 1.37. The average Bonchev–Trinajstić information content (AvgIpc) is 2.96. The Morgan fingerprint density at radius 2 is 1.78 bits per heavy atom. The van der Waals surface area contributed by atoms with Crippen molar-refractivity contribution in [2.45, 2.75) is 26.4 Å². The number of carbonyl (C=O) groups excluding carboxylic acids is 2. The second-order valence-corrected chi connectivity index (χ2v) is 11.2. The molecule has 2 heterocycles. The van der Waals surface area contributed by atoms with Crippen molar-refractivity contribution in [3.8, 4) is 0 Å². The first-order valence-corrected chi connectivity index (χ1v) is 11.1. The number of fused-ring (bicyclic) bond motifs is 3. The van der Waals surface area contributed by atoms with Gasteiger partial charge in [0.25, 0.3) is 0 Å². The first kappa shape index (κ1) is 14.8. The van der Waals surface area contributed by atoms with Gasteiger partial charge in [0, 0.05) is 12.5 Å². The van der Waals surface area contributed by atoms with E-state index in [1.807, 2.05) is 30.3 Å². The van der Waals surface area contributed by atoms with Crippen molar-refractivity contribution >= 4 is 25.8 Å². The molecule has 2 fully saturated rings. The molecule has 120 valence electrons. The third kappa shape index (κ3) is 1.99. The average molecular weight is 327 g/mol. The standard InChI is InChI=1S/C18H21NO3Si/c1-11-9-13-15(14-10-22-23(2,3)16(11)14)18(21)19(17(13)20)12-7-5-4-6-8-12/h4-8,13-15H,9-10H2,1-3H3/t13-,14-,15-/m1/s1. The summed E-state index contributed by atoms with van der Waals surface area (Å²) in [7, 11) is -1.88. The highest BCUT2D eigenvalue weighted by atomic mass is 28.4. The van der Waals surface area contributed by atoms with Crippen LogP contribution in [-0.4, -0.2) is 26.7 Å². The Balaban J connectivity index is 1.76.